The van der Waals surface area contributed by atoms with Crippen molar-refractivity contribution < 1.29 is 29.6 Å². The Kier molecular flexibility index (Phi) is 25.8. The number of carbonyl (C=O) groups is 2. The highest BCUT2D eigenvalue weighted by Gasteiger charge is 2.13. The van der Waals surface area contributed by atoms with Crippen molar-refractivity contribution >= 4 is 11.9 Å². The van der Waals surface area contributed by atoms with Gasteiger partial charge in [-0.1, -0.05) is 77.6 Å². The van der Waals surface area contributed by atoms with Gasteiger partial charge >= 0.3 is 11.9 Å². The summed E-state index contributed by atoms with van der Waals surface area (Å²) in [4.78, 5) is 19.8. The molecule has 0 aromatic carbocycles. The molecule has 0 spiro atoms. The normalized spacial score (nSPS) is 14.2. The summed E-state index contributed by atoms with van der Waals surface area (Å²) in [6.45, 7) is 5.68. The molecule has 1 aliphatic heterocycles. The molecule has 1 rings (SSSR count). The zero-order chi connectivity index (χ0) is 22.2. The van der Waals surface area contributed by atoms with Crippen LogP contribution < -0.4 is 0 Å². The van der Waals surface area contributed by atoms with Gasteiger partial charge in [0.2, 0.25) is 0 Å². The maximum atomic E-state index is 9.90. The van der Waals surface area contributed by atoms with Gasteiger partial charge in [-0.25, -0.2) is 0 Å². The van der Waals surface area contributed by atoms with Crippen LogP contribution >= 0.6 is 0 Å². The number of hydrogen-bond acceptors (Lipinski definition) is 4. The smallest absolute Gasteiger partial charge is 0.303 e. The fourth-order valence-electron chi connectivity index (χ4n) is 2.60. The molecule has 1 aliphatic rings. The number of hydrogen-bond donors (Lipinski definition) is 3. The zero-order valence-electron chi connectivity index (χ0n) is 18.9. The lowest BCUT2D eigenvalue weighted by Crippen LogP contribution is -1.97. The summed E-state index contributed by atoms with van der Waals surface area (Å²) in [5, 5.41) is 24.9. The van der Waals surface area contributed by atoms with Crippen LogP contribution in [0.3, 0.4) is 0 Å². The zero-order valence-corrected chi connectivity index (χ0v) is 18.9. The Labute approximate surface area is 178 Å². The molecule has 0 aliphatic carbocycles. The molecule has 1 atom stereocenters. The maximum Gasteiger partial charge on any atom is 0.303 e. The molecule has 1 saturated heterocycles. The van der Waals surface area contributed by atoms with E-state index in [0.717, 1.165) is 13.0 Å². The highest BCUT2D eigenvalue weighted by molar-refractivity contribution is 5.67. The summed E-state index contributed by atoms with van der Waals surface area (Å²) in [5.74, 6) is -1.74. The Hall–Kier alpha value is -1.14. The second-order valence-corrected chi connectivity index (χ2v) is 7.75. The van der Waals surface area contributed by atoms with Gasteiger partial charge in [-0.05, 0) is 26.2 Å². The Morgan fingerprint density at radius 3 is 1.28 bits per heavy atom. The first-order valence-electron chi connectivity index (χ1n) is 11.6. The van der Waals surface area contributed by atoms with E-state index >= 15 is 0 Å². The summed E-state index contributed by atoms with van der Waals surface area (Å²) in [6, 6.07) is 0. The van der Waals surface area contributed by atoms with Crippen LogP contribution in [0.1, 0.15) is 117 Å². The number of epoxide rings is 1. The number of unbranched alkanes of at least 4 members (excludes halogenated alkanes) is 12. The number of ether oxygens (including phenoxy) is 1. The third-order valence-electron chi connectivity index (χ3n) is 4.54. The van der Waals surface area contributed by atoms with E-state index in [9.17, 15) is 9.59 Å². The van der Waals surface area contributed by atoms with Crippen LogP contribution in [0.15, 0.2) is 0 Å². The minimum absolute atomic E-state index is 0.0628. The first-order chi connectivity index (χ1) is 13.9. The molecule has 1 fully saturated rings. The Bertz CT molecular complexity index is 327. The molecule has 0 saturated carbocycles. The lowest BCUT2D eigenvalue weighted by Gasteiger charge is -2.01. The number of carboxylic acid groups (broad SMARTS) is 2. The van der Waals surface area contributed by atoms with E-state index in [2.05, 4.69) is 13.8 Å². The highest BCUT2D eigenvalue weighted by Crippen LogP contribution is 2.11. The van der Waals surface area contributed by atoms with E-state index in [1.165, 1.54) is 70.6 Å². The molecule has 3 N–H and O–H groups in total. The molecule has 0 aromatic heterocycles. The fraction of sp³-hybridized carbons (Fsp3) is 0.913. The molecular formula is C23H46O6. The first kappa shape index (κ1) is 30.1. The summed E-state index contributed by atoms with van der Waals surface area (Å²) in [7, 11) is 0. The number of aliphatic carboxylic acids is 2. The van der Waals surface area contributed by atoms with Crippen molar-refractivity contribution in [2.75, 3.05) is 13.2 Å². The third kappa shape index (κ3) is 38.1. The predicted octanol–water partition coefficient (Wildman–Crippen LogP) is 5.80. The van der Waals surface area contributed by atoms with Crippen LogP contribution in [-0.4, -0.2) is 46.6 Å². The minimum Gasteiger partial charge on any atom is -0.481 e. The Morgan fingerprint density at radius 2 is 1.03 bits per heavy atom. The molecule has 1 heterocycles. The molecule has 0 aromatic rings. The average Bonchev–Trinajstić information content (AvgIpc) is 3.46. The number of rotatable bonds is 17. The molecule has 1 unspecified atom stereocenters. The molecule has 6 nitrogen and oxygen atoms in total. The van der Waals surface area contributed by atoms with Crippen LogP contribution in [0.5, 0.6) is 0 Å². The molecule has 6 heteroatoms. The van der Waals surface area contributed by atoms with Crippen LogP contribution in [0.2, 0.25) is 0 Å². The molecule has 0 bridgehead atoms. The molecule has 29 heavy (non-hydrogen) atoms. The minimum atomic E-state index is -0.870. The van der Waals surface area contributed by atoms with Gasteiger partial charge in [0.1, 0.15) is 0 Å². The molecule has 0 amide bonds. The largest absolute Gasteiger partial charge is 0.481 e. The van der Waals surface area contributed by atoms with Gasteiger partial charge in [-0.3, -0.25) is 9.59 Å². The standard InChI is InChI=1S/C14H30O.C6H10O4.C3H6O/c1-2-3-4-5-6-7-8-9-10-11-12-13-14-15;7-5(8)3-1-2-4-6(9)10;1-3-2-4-3/h15H,2-14H2,1H3;1-4H2,(H,7,8)(H,9,10);3H,2H2,1H3. The van der Waals surface area contributed by atoms with Gasteiger partial charge in [0.05, 0.1) is 12.7 Å². The van der Waals surface area contributed by atoms with Crippen molar-refractivity contribution in [2.45, 2.75) is 123 Å². The number of aliphatic hydroxyl groups is 1. The molecular weight excluding hydrogens is 372 g/mol. The Morgan fingerprint density at radius 1 is 0.724 bits per heavy atom. The SMILES string of the molecule is CC1CO1.CCCCCCCCCCCCCCO.O=C(O)CCCCC(=O)O. The fourth-order valence-corrected chi connectivity index (χ4v) is 2.60. The number of aliphatic hydroxyl groups excluding tert-OH is 1. The lowest BCUT2D eigenvalue weighted by atomic mass is 10.1. The van der Waals surface area contributed by atoms with E-state index in [0.29, 0.717) is 25.6 Å². The maximum absolute atomic E-state index is 9.90. The van der Waals surface area contributed by atoms with Crippen LogP contribution in [0, 0.1) is 0 Å². The predicted molar refractivity (Wildman–Crippen MR) is 117 cm³/mol. The van der Waals surface area contributed by atoms with E-state index < -0.39 is 11.9 Å². The van der Waals surface area contributed by atoms with E-state index in [1.54, 1.807) is 0 Å². The van der Waals surface area contributed by atoms with Gasteiger partial charge in [0, 0.05) is 19.4 Å². The molecule has 0 radical (unpaired) electrons. The monoisotopic (exact) mass is 418 g/mol. The second-order valence-electron chi connectivity index (χ2n) is 7.75. The summed E-state index contributed by atoms with van der Waals surface area (Å²) in [5.41, 5.74) is 0. The topological polar surface area (TPSA) is 107 Å². The van der Waals surface area contributed by atoms with Crippen molar-refractivity contribution in [3.63, 3.8) is 0 Å². The lowest BCUT2D eigenvalue weighted by molar-refractivity contribution is -0.139. The summed E-state index contributed by atoms with van der Waals surface area (Å²) in [6.07, 6.45) is 17.8. The van der Waals surface area contributed by atoms with Crippen molar-refractivity contribution in [3.8, 4) is 0 Å². The highest BCUT2D eigenvalue weighted by atomic mass is 16.6. The average molecular weight is 419 g/mol. The second kappa shape index (κ2) is 24.9. The molecule has 174 valence electrons. The van der Waals surface area contributed by atoms with Crippen molar-refractivity contribution in [3.05, 3.63) is 0 Å². The van der Waals surface area contributed by atoms with Gasteiger partial charge in [0.25, 0.3) is 0 Å². The van der Waals surface area contributed by atoms with Gasteiger partial charge in [0.15, 0.2) is 0 Å². The third-order valence-corrected chi connectivity index (χ3v) is 4.54. The summed E-state index contributed by atoms with van der Waals surface area (Å²) >= 11 is 0. The van der Waals surface area contributed by atoms with Gasteiger partial charge < -0.3 is 20.1 Å². The van der Waals surface area contributed by atoms with Crippen LogP contribution in [-0.2, 0) is 14.3 Å². The van der Waals surface area contributed by atoms with E-state index in [4.69, 9.17) is 20.1 Å². The van der Waals surface area contributed by atoms with Crippen molar-refractivity contribution in [1.82, 2.24) is 0 Å². The number of carboxylic acids is 2. The Balaban J connectivity index is 0. The van der Waals surface area contributed by atoms with Gasteiger partial charge in [-0.2, -0.15) is 0 Å². The van der Waals surface area contributed by atoms with E-state index in [1.807, 2.05) is 0 Å². The quantitative estimate of drug-likeness (QED) is 0.203. The van der Waals surface area contributed by atoms with E-state index in [-0.39, 0.29) is 12.8 Å². The summed E-state index contributed by atoms with van der Waals surface area (Å²) < 4.78 is 4.71. The van der Waals surface area contributed by atoms with Gasteiger partial charge in [-0.15, -0.1) is 0 Å². The first-order valence-corrected chi connectivity index (χ1v) is 11.6. The van der Waals surface area contributed by atoms with Crippen molar-refractivity contribution in [1.29, 1.82) is 0 Å². The van der Waals surface area contributed by atoms with Crippen LogP contribution in [0.4, 0.5) is 0 Å². The van der Waals surface area contributed by atoms with Crippen LogP contribution in [0.25, 0.3) is 0 Å². The van der Waals surface area contributed by atoms with Crippen molar-refractivity contribution in [2.24, 2.45) is 0 Å².